The largest absolute Gasteiger partial charge is 0.332 e. The summed E-state index contributed by atoms with van der Waals surface area (Å²) in [6.45, 7) is 6.66. The molecule has 0 radical (unpaired) electrons. The molecule has 2 aromatic heterocycles. The minimum atomic E-state index is -0.389. The Hall–Kier alpha value is -2.38. The van der Waals surface area contributed by atoms with Crippen molar-refractivity contribution < 1.29 is 0 Å². The van der Waals surface area contributed by atoms with Gasteiger partial charge in [-0.2, -0.15) is 10.1 Å². The zero-order valence-electron chi connectivity index (χ0n) is 12.8. The maximum absolute atomic E-state index is 12.4. The molecular formula is C13H18N6O2. The highest BCUT2D eigenvalue weighted by Gasteiger charge is 2.27. The molecule has 0 unspecified atom stereocenters. The van der Waals surface area contributed by atoms with Crippen LogP contribution in [0.1, 0.15) is 20.8 Å². The van der Waals surface area contributed by atoms with Gasteiger partial charge in [-0.15, -0.1) is 0 Å². The van der Waals surface area contributed by atoms with Crippen molar-refractivity contribution in [2.45, 2.75) is 27.3 Å². The number of aryl methyl sites for hydroxylation is 1. The average molecular weight is 290 g/mol. The van der Waals surface area contributed by atoms with E-state index in [-0.39, 0.29) is 16.7 Å². The Bertz CT molecular complexity index is 890. The van der Waals surface area contributed by atoms with E-state index in [1.165, 1.54) is 11.6 Å². The number of hydrogen-bond acceptors (Lipinski definition) is 5. The minimum absolute atomic E-state index is 0.118. The van der Waals surface area contributed by atoms with E-state index in [4.69, 9.17) is 0 Å². The van der Waals surface area contributed by atoms with E-state index in [0.29, 0.717) is 23.7 Å². The Morgan fingerprint density at radius 1 is 1.14 bits per heavy atom. The number of fused-ring (bicyclic) bond motifs is 3. The Morgan fingerprint density at radius 3 is 2.43 bits per heavy atom. The molecule has 0 atom stereocenters. The van der Waals surface area contributed by atoms with Gasteiger partial charge in [0.2, 0.25) is 5.95 Å². The highest BCUT2D eigenvalue weighted by atomic mass is 16.2. The molecule has 1 aliphatic rings. The molecule has 1 N–H and O–H groups in total. The lowest BCUT2D eigenvalue weighted by atomic mass is 9.90. The molecule has 3 rings (SSSR count). The fourth-order valence-electron chi connectivity index (χ4n) is 2.39. The van der Waals surface area contributed by atoms with Gasteiger partial charge in [-0.1, -0.05) is 20.8 Å². The van der Waals surface area contributed by atoms with E-state index >= 15 is 0 Å². The van der Waals surface area contributed by atoms with Gasteiger partial charge in [-0.3, -0.25) is 18.5 Å². The van der Waals surface area contributed by atoms with Crippen LogP contribution >= 0.6 is 0 Å². The van der Waals surface area contributed by atoms with Crippen LogP contribution in [-0.2, 0) is 20.6 Å². The van der Waals surface area contributed by atoms with Crippen LogP contribution in [0.15, 0.2) is 14.7 Å². The maximum Gasteiger partial charge on any atom is 0.332 e. The van der Waals surface area contributed by atoms with E-state index in [9.17, 15) is 9.59 Å². The fourth-order valence-corrected chi connectivity index (χ4v) is 2.39. The molecule has 0 aromatic carbocycles. The van der Waals surface area contributed by atoms with Crippen molar-refractivity contribution in [1.82, 2.24) is 18.7 Å². The summed E-state index contributed by atoms with van der Waals surface area (Å²) >= 11 is 0. The first-order valence-corrected chi connectivity index (χ1v) is 6.71. The van der Waals surface area contributed by atoms with Crippen molar-refractivity contribution >= 4 is 22.8 Å². The van der Waals surface area contributed by atoms with Crippen molar-refractivity contribution in [3.63, 3.8) is 0 Å². The molecule has 0 amide bonds. The molecule has 0 saturated heterocycles. The maximum atomic E-state index is 12.4. The summed E-state index contributed by atoms with van der Waals surface area (Å²) in [5.74, 6) is 0.483. The van der Waals surface area contributed by atoms with E-state index in [1.807, 2.05) is 0 Å². The third-order valence-electron chi connectivity index (χ3n) is 3.81. The SMILES string of the molecule is Cn1c(=O)c2c(nc3n2CC(C(C)(C)C)=NN3)n(C)c1=O. The second-order valence-electron chi connectivity index (χ2n) is 6.32. The highest BCUT2D eigenvalue weighted by molar-refractivity contribution is 5.92. The Balaban J connectivity index is 2.32. The van der Waals surface area contributed by atoms with Crippen molar-refractivity contribution in [2.75, 3.05) is 5.43 Å². The van der Waals surface area contributed by atoms with Crippen molar-refractivity contribution in [2.24, 2.45) is 24.6 Å². The molecule has 0 aliphatic carbocycles. The van der Waals surface area contributed by atoms with Gasteiger partial charge in [0.1, 0.15) is 0 Å². The number of nitrogens with one attached hydrogen (secondary N) is 1. The first kappa shape index (κ1) is 13.6. The molecule has 112 valence electrons. The topological polar surface area (TPSA) is 86.2 Å². The Labute approximate surface area is 120 Å². The molecule has 0 saturated carbocycles. The van der Waals surface area contributed by atoms with Gasteiger partial charge in [0.15, 0.2) is 11.2 Å². The molecule has 8 heteroatoms. The van der Waals surface area contributed by atoms with Gasteiger partial charge in [-0.25, -0.2) is 10.2 Å². The first-order valence-electron chi connectivity index (χ1n) is 6.71. The monoisotopic (exact) mass is 290 g/mol. The second-order valence-corrected chi connectivity index (χ2v) is 6.32. The second kappa shape index (κ2) is 4.06. The van der Waals surface area contributed by atoms with Gasteiger partial charge in [0.25, 0.3) is 5.56 Å². The summed E-state index contributed by atoms with van der Waals surface area (Å²) in [4.78, 5) is 28.7. The number of imidazole rings is 1. The van der Waals surface area contributed by atoms with E-state index < -0.39 is 0 Å². The lowest BCUT2D eigenvalue weighted by Crippen LogP contribution is -2.38. The normalized spacial score (nSPS) is 14.8. The number of aromatic nitrogens is 4. The lowest BCUT2D eigenvalue weighted by Gasteiger charge is -2.25. The summed E-state index contributed by atoms with van der Waals surface area (Å²) in [5, 5.41) is 4.33. The van der Waals surface area contributed by atoms with Crippen LogP contribution in [0.4, 0.5) is 5.95 Å². The molecule has 2 aromatic rings. The van der Waals surface area contributed by atoms with Gasteiger partial charge < -0.3 is 0 Å². The van der Waals surface area contributed by atoms with Crippen LogP contribution in [0.25, 0.3) is 11.2 Å². The molecule has 0 fully saturated rings. The van der Waals surface area contributed by atoms with Crippen LogP contribution in [0.3, 0.4) is 0 Å². The number of nitrogens with zero attached hydrogens (tertiary/aromatic N) is 5. The molecule has 21 heavy (non-hydrogen) atoms. The third-order valence-corrected chi connectivity index (χ3v) is 3.81. The molecule has 0 spiro atoms. The van der Waals surface area contributed by atoms with Crippen molar-refractivity contribution in [1.29, 1.82) is 0 Å². The van der Waals surface area contributed by atoms with Crippen molar-refractivity contribution in [3.05, 3.63) is 20.8 Å². The van der Waals surface area contributed by atoms with Crippen molar-refractivity contribution in [3.8, 4) is 0 Å². The number of hydrazone groups is 1. The number of hydrogen-bond donors (Lipinski definition) is 1. The lowest BCUT2D eigenvalue weighted by molar-refractivity contribution is 0.562. The van der Waals surface area contributed by atoms with E-state index in [2.05, 4.69) is 36.3 Å². The van der Waals surface area contributed by atoms with Gasteiger partial charge >= 0.3 is 5.69 Å². The summed E-state index contributed by atoms with van der Waals surface area (Å²) in [5.41, 5.74) is 3.74. The quantitative estimate of drug-likeness (QED) is 0.754. The molecule has 1 aliphatic heterocycles. The average Bonchev–Trinajstić information content (AvgIpc) is 2.80. The zero-order valence-corrected chi connectivity index (χ0v) is 12.8. The fraction of sp³-hybridized carbons (Fsp3) is 0.538. The van der Waals surface area contributed by atoms with Crippen LogP contribution in [-0.4, -0.2) is 24.4 Å². The summed E-state index contributed by atoms with van der Waals surface area (Å²) in [6, 6.07) is 0. The van der Waals surface area contributed by atoms with E-state index in [1.54, 1.807) is 11.6 Å². The van der Waals surface area contributed by atoms with E-state index in [0.717, 1.165) is 10.3 Å². The molecule has 3 heterocycles. The predicted octanol–water partition coefficient (Wildman–Crippen LogP) is 0.261. The summed E-state index contributed by atoms with van der Waals surface area (Å²) in [7, 11) is 3.08. The highest BCUT2D eigenvalue weighted by Crippen LogP contribution is 2.25. The zero-order chi connectivity index (χ0) is 15.5. The Morgan fingerprint density at radius 2 is 1.81 bits per heavy atom. The molecule has 8 nitrogen and oxygen atoms in total. The van der Waals surface area contributed by atoms with Crippen LogP contribution < -0.4 is 16.7 Å². The first-order chi connectivity index (χ1) is 9.71. The molecule has 0 bridgehead atoms. The third kappa shape index (κ3) is 1.82. The Kier molecular flexibility index (Phi) is 2.63. The van der Waals surface area contributed by atoms with Crippen LogP contribution in [0.2, 0.25) is 0 Å². The predicted molar refractivity (Wildman–Crippen MR) is 80.7 cm³/mol. The smallest absolute Gasteiger partial charge is 0.297 e. The minimum Gasteiger partial charge on any atom is -0.297 e. The van der Waals surface area contributed by atoms with Crippen LogP contribution in [0.5, 0.6) is 0 Å². The summed E-state index contributed by atoms with van der Waals surface area (Å²) in [6.07, 6.45) is 0. The van der Waals surface area contributed by atoms with Gasteiger partial charge in [0.05, 0.1) is 12.3 Å². The molecular weight excluding hydrogens is 272 g/mol. The summed E-state index contributed by atoms with van der Waals surface area (Å²) < 4.78 is 4.25. The number of anilines is 1. The standard InChI is InChI=1S/C13H18N6O2/c1-13(2,3)7-6-19-8-9(14-11(19)16-15-7)17(4)12(21)18(5)10(8)20/h6H2,1-5H3,(H,14,16). The van der Waals surface area contributed by atoms with Gasteiger partial charge in [0, 0.05) is 19.5 Å². The number of rotatable bonds is 0. The van der Waals surface area contributed by atoms with Gasteiger partial charge in [-0.05, 0) is 0 Å². The van der Waals surface area contributed by atoms with Crippen LogP contribution in [0, 0.1) is 5.41 Å².